The normalized spacial score (nSPS) is 22.0. The minimum atomic E-state index is -3.14. The van der Waals surface area contributed by atoms with Crippen molar-refractivity contribution in [2.24, 2.45) is 5.92 Å². The summed E-state index contributed by atoms with van der Waals surface area (Å²) >= 11 is 0. The molecule has 0 aromatic heterocycles. The summed E-state index contributed by atoms with van der Waals surface area (Å²) in [4.78, 5) is 14.6. The highest BCUT2D eigenvalue weighted by Crippen LogP contribution is 2.25. The maximum absolute atomic E-state index is 12.3. The quantitative estimate of drug-likeness (QED) is 0.770. The van der Waals surface area contributed by atoms with Gasteiger partial charge in [0.05, 0.1) is 11.0 Å². The molecular formula is C21H32N2O3S. The van der Waals surface area contributed by atoms with Crippen molar-refractivity contribution in [1.82, 2.24) is 4.90 Å². The molecule has 2 fully saturated rings. The van der Waals surface area contributed by atoms with Gasteiger partial charge >= 0.3 is 0 Å². The lowest BCUT2D eigenvalue weighted by atomic mass is 10.00. The topological polar surface area (TPSA) is 66.5 Å². The van der Waals surface area contributed by atoms with Gasteiger partial charge in [-0.1, -0.05) is 31.9 Å². The number of carbonyl (C=O) groups is 1. The molecule has 5 nitrogen and oxygen atoms in total. The van der Waals surface area contributed by atoms with E-state index in [4.69, 9.17) is 0 Å². The Kier molecular flexibility index (Phi) is 6.93. The van der Waals surface area contributed by atoms with Gasteiger partial charge in [0.2, 0.25) is 5.91 Å². The summed E-state index contributed by atoms with van der Waals surface area (Å²) in [6.45, 7) is 5.54. The first kappa shape index (κ1) is 20.3. The Morgan fingerprint density at radius 3 is 2.48 bits per heavy atom. The number of carbonyl (C=O) groups excluding carboxylic acids is 1. The van der Waals surface area contributed by atoms with Crippen molar-refractivity contribution in [3.63, 3.8) is 0 Å². The van der Waals surface area contributed by atoms with Crippen LogP contribution in [0.1, 0.15) is 57.4 Å². The Morgan fingerprint density at radius 2 is 1.81 bits per heavy atom. The zero-order valence-corrected chi connectivity index (χ0v) is 17.1. The van der Waals surface area contributed by atoms with E-state index in [0.29, 0.717) is 0 Å². The molecule has 0 unspecified atom stereocenters. The molecule has 1 saturated carbocycles. The van der Waals surface area contributed by atoms with Crippen LogP contribution in [0, 0.1) is 5.92 Å². The molecule has 1 aromatic carbocycles. The Bertz CT molecular complexity index is 724. The first-order valence-corrected chi connectivity index (χ1v) is 12.0. The largest absolute Gasteiger partial charge is 0.326 e. The second-order valence-electron chi connectivity index (χ2n) is 8.25. The summed E-state index contributed by atoms with van der Waals surface area (Å²) < 4.78 is 24.5. The summed E-state index contributed by atoms with van der Waals surface area (Å²) in [5.41, 5.74) is 1.97. The molecule has 0 radical (unpaired) electrons. The van der Waals surface area contributed by atoms with E-state index in [1.165, 1.54) is 18.4 Å². The van der Waals surface area contributed by atoms with E-state index in [0.717, 1.165) is 56.9 Å². The number of nitrogens with zero attached hydrogens (tertiary/aromatic N) is 1. The van der Waals surface area contributed by atoms with Crippen molar-refractivity contribution in [1.29, 1.82) is 0 Å². The predicted molar refractivity (Wildman–Crippen MR) is 109 cm³/mol. The minimum Gasteiger partial charge on any atom is -0.326 e. The van der Waals surface area contributed by atoms with Gasteiger partial charge in [-0.15, -0.1) is 0 Å². The van der Waals surface area contributed by atoms with Crippen LogP contribution in [0.2, 0.25) is 0 Å². The van der Waals surface area contributed by atoms with Crippen molar-refractivity contribution >= 4 is 21.4 Å². The van der Waals surface area contributed by atoms with Crippen molar-refractivity contribution < 1.29 is 13.2 Å². The van der Waals surface area contributed by atoms with E-state index in [1.54, 1.807) is 0 Å². The number of anilines is 1. The van der Waals surface area contributed by atoms with Crippen LogP contribution in [0.15, 0.2) is 24.3 Å². The summed E-state index contributed by atoms with van der Waals surface area (Å²) in [5, 5.41) is 2.59. The molecule has 1 heterocycles. The highest BCUT2D eigenvalue weighted by Gasteiger charge is 2.28. The predicted octanol–water partition coefficient (Wildman–Crippen LogP) is 3.60. The average Bonchev–Trinajstić information content (AvgIpc) is 3.18. The van der Waals surface area contributed by atoms with Gasteiger partial charge in [-0.25, -0.2) is 8.42 Å². The number of likely N-dealkylation sites (tertiary alicyclic amines) is 1. The Balaban J connectivity index is 1.45. The van der Waals surface area contributed by atoms with E-state index in [2.05, 4.69) is 17.1 Å². The number of rotatable bonds is 7. The van der Waals surface area contributed by atoms with Gasteiger partial charge < -0.3 is 5.32 Å². The molecule has 0 spiro atoms. The summed E-state index contributed by atoms with van der Waals surface area (Å²) in [6, 6.07) is 7.91. The maximum Gasteiger partial charge on any atom is 0.225 e. The molecule has 0 bridgehead atoms. The van der Waals surface area contributed by atoms with Gasteiger partial charge in [-0.05, 0) is 55.8 Å². The van der Waals surface area contributed by atoms with Crippen LogP contribution in [0.4, 0.5) is 5.69 Å². The first-order chi connectivity index (χ1) is 12.9. The van der Waals surface area contributed by atoms with Crippen LogP contribution in [0.3, 0.4) is 0 Å². The van der Waals surface area contributed by atoms with Gasteiger partial charge in [0.25, 0.3) is 0 Å². The average molecular weight is 393 g/mol. The van der Waals surface area contributed by atoms with Gasteiger partial charge in [-0.3, -0.25) is 9.69 Å². The van der Waals surface area contributed by atoms with Crippen LogP contribution in [-0.4, -0.2) is 43.3 Å². The third-order valence-corrected chi connectivity index (χ3v) is 8.07. The zero-order chi connectivity index (χ0) is 19.3. The van der Waals surface area contributed by atoms with Crippen LogP contribution in [0.25, 0.3) is 0 Å². The second kappa shape index (κ2) is 9.20. The highest BCUT2D eigenvalue weighted by atomic mass is 32.2. The first-order valence-electron chi connectivity index (χ1n) is 10.2. The van der Waals surface area contributed by atoms with Crippen LogP contribution in [0.5, 0.6) is 0 Å². The van der Waals surface area contributed by atoms with E-state index >= 15 is 0 Å². The van der Waals surface area contributed by atoms with Crippen molar-refractivity contribution in [3.8, 4) is 0 Å². The van der Waals surface area contributed by atoms with Crippen molar-refractivity contribution in [2.45, 2.75) is 63.7 Å². The van der Waals surface area contributed by atoms with E-state index < -0.39 is 9.84 Å². The zero-order valence-electron chi connectivity index (χ0n) is 16.3. The summed E-state index contributed by atoms with van der Waals surface area (Å²) in [5.74, 6) is 0.487. The monoisotopic (exact) mass is 392 g/mol. The van der Waals surface area contributed by atoms with Crippen LogP contribution >= 0.6 is 0 Å². The SMILES string of the molecule is C[C@H]1CCCN(Cc2ccc(NC(=O)CCS(=O)(=O)C3CCCC3)cc2)C1. The maximum atomic E-state index is 12.3. The molecule has 27 heavy (non-hydrogen) atoms. The standard InChI is InChI=1S/C21H32N2O3S/c1-17-5-4-13-23(15-17)16-18-8-10-19(11-9-18)22-21(24)12-14-27(25,26)20-6-2-3-7-20/h8-11,17,20H,2-7,12-16H2,1H3,(H,22,24)/t17-/m0/s1. The summed E-state index contributed by atoms with van der Waals surface area (Å²) in [7, 11) is -3.14. The van der Waals surface area contributed by atoms with Gasteiger partial charge in [0.1, 0.15) is 0 Å². The molecule has 1 saturated heterocycles. The van der Waals surface area contributed by atoms with Gasteiger partial charge in [-0.2, -0.15) is 0 Å². The molecule has 3 rings (SSSR count). The molecule has 2 aliphatic rings. The van der Waals surface area contributed by atoms with Gasteiger partial charge in [0, 0.05) is 25.2 Å². The molecular weight excluding hydrogens is 360 g/mol. The molecule has 1 aliphatic carbocycles. The Morgan fingerprint density at radius 1 is 1.11 bits per heavy atom. The number of amides is 1. The fourth-order valence-corrected chi connectivity index (χ4v) is 6.11. The van der Waals surface area contributed by atoms with Crippen molar-refractivity contribution in [3.05, 3.63) is 29.8 Å². The molecule has 1 N–H and O–H groups in total. The molecule has 1 aliphatic heterocycles. The lowest BCUT2D eigenvalue weighted by Gasteiger charge is -2.30. The highest BCUT2D eigenvalue weighted by molar-refractivity contribution is 7.92. The number of hydrogen-bond donors (Lipinski definition) is 1. The molecule has 1 atom stereocenters. The lowest BCUT2D eigenvalue weighted by Crippen LogP contribution is -2.33. The Hall–Kier alpha value is -1.40. The second-order valence-corrected chi connectivity index (χ2v) is 10.7. The number of hydrogen-bond acceptors (Lipinski definition) is 4. The van der Waals surface area contributed by atoms with Crippen LogP contribution < -0.4 is 5.32 Å². The van der Waals surface area contributed by atoms with E-state index in [-0.39, 0.29) is 23.3 Å². The van der Waals surface area contributed by atoms with Crippen molar-refractivity contribution in [2.75, 3.05) is 24.2 Å². The molecule has 6 heteroatoms. The number of nitrogens with one attached hydrogen (secondary N) is 1. The van der Waals surface area contributed by atoms with E-state index in [1.807, 2.05) is 24.3 Å². The smallest absolute Gasteiger partial charge is 0.225 e. The van der Waals surface area contributed by atoms with Gasteiger partial charge in [0.15, 0.2) is 9.84 Å². The fraction of sp³-hybridized carbons (Fsp3) is 0.667. The minimum absolute atomic E-state index is 0.0340. The third kappa shape index (κ3) is 6.04. The molecule has 150 valence electrons. The number of piperidine rings is 1. The number of benzene rings is 1. The molecule has 1 amide bonds. The lowest BCUT2D eigenvalue weighted by molar-refractivity contribution is -0.115. The number of sulfone groups is 1. The summed E-state index contributed by atoms with van der Waals surface area (Å²) in [6.07, 6.45) is 6.09. The Labute approximate surface area is 163 Å². The fourth-order valence-electron chi connectivity index (χ4n) is 4.25. The molecule has 1 aromatic rings. The van der Waals surface area contributed by atoms with E-state index in [9.17, 15) is 13.2 Å². The van der Waals surface area contributed by atoms with Crippen LogP contribution in [-0.2, 0) is 21.2 Å². The third-order valence-electron chi connectivity index (χ3n) is 5.81.